The second kappa shape index (κ2) is 6.36. The molecule has 3 nitrogen and oxygen atoms in total. The van der Waals surface area contributed by atoms with Crippen molar-refractivity contribution in [1.82, 2.24) is 4.90 Å². The lowest BCUT2D eigenvalue weighted by molar-refractivity contribution is -0.00351. The molecule has 0 bridgehead atoms. The molecule has 1 aliphatic rings. The first kappa shape index (κ1) is 13.6. The van der Waals surface area contributed by atoms with Gasteiger partial charge in [0, 0.05) is 30.6 Å². The van der Waals surface area contributed by atoms with Gasteiger partial charge in [-0.3, -0.25) is 4.90 Å². The van der Waals surface area contributed by atoms with Crippen LogP contribution in [0, 0.1) is 5.82 Å². The van der Waals surface area contributed by atoms with Gasteiger partial charge in [0.1, 0.15) is 0 Å². The zero-order valence-corrected chi connectivity index (χ0v) is 11.1. The minimum absolute atomic E-state index is 0.144. The van der Waals surface area contributed by atoms with E-state index in [0.717, 1.165) is 6.54 Å². The lowest BCUT2D eigenvalue weighted by Gasteiger charge is -2.34. The molecule has 0 aliphatic carbocycles. The van der Waals surface area contributed by atoms with Gasteiger partial charge in [0.05, 0.1) is 20.3 Å². The zero-order chi connectivity index (χ0) is 13.0. The lowest BCUT2D eigenvalue weighted by atomic mass is 10.1. The smallest absolute Gasteiger partial charge is 0.169 e. The number of methoxy groups -OCH3 is 1. The summed E-state index contributed by atoms with van der Waals surface area (Å²) < 4.78 is 24.4. The highest BCUT2D eigenvalue weighted by molar-refractivity contribution is 6.18. The molecule has 1 aliphatic heterocycles. The summed E-state index contributed by atoms with van der Waals surface area (Å²) in [6.07, 6.45) is 0. The normalized spacial score (nSPS) is 20.9. The summed E-state index contributed by atoms with van der Waals surface area (Å²) in [6, 6.07) is 5.34. The molecule has 1 heterocycles. The van der Waals surface area contributed by atoms with Crippen molar-refractivity contribution in [3.05, 3.63) is 29.6 Å². The van der Waals surface area contributed by atoms with Gasteiger partial charge in [0.15, 0.2) is 11.6 Å². The summed E-state index contributed by atoms with van der Waals surface area (Å²) in [5.74, 6) is 0.481. The molecule has 1 atom stereocenters. The Bertz CT molecular complexity index is 403. The average Bonchev–Trinajstić information content (AvgIpc) is 2.42. The summed E-state index contributed by atoms with van der Waals surface area (Å²) in [7, 11) is 1.47. The second-order valence-electron chi connectivity index (χ2n) is 4.29. The van der Waals surface area contributed by atoms with E-state index in [4.69, 9.17) is 21.1 Å². The number of benzene rings is 1. The summed E-state index contributed by atoms with van der Waals surface area (Å²) in [6.45, 7) is 2.58. The maximum atomic E-state index is 14.0. The van der Waals surface area contributed by atoms with Crippen LogP contribution in [0.2, 0.25) is 0 Å². The van der Waals surface area contributed by atoms with Crippen LogP contribution in [-0.2, 0) is 11.3 Å². The first-order valence-corrected chi connectivity index (χ1v) is 6.49. The standard InChI is InChI=1S/C13H17ClFNO2/c1-17-12-4-2-3-10(13(12)15)8-16-5-6-18-9-11(16)7-14/h2-4,11H,5-9H2,1H3. The molecule has 1 aromatic rings. The fraction of sp³-hybridized carbons (Fsp3) is 0.538. The molecule has 5 heteroatoms. The molecule has 2 rings (SSSR count). The van der Waals surface area contributed by atoms with Gasteiger partial charge in [-0.25, -0.2) is 4.39 Å². The topological polar surface area (TPSA) is 21.7 Å². The third-order valence-corrected chi connectivity index (χ3v) is 3.52. The van der Waals surface area contributed by atoms with Crippen molar-refractivity contribution in [2.45, 2.75) is 12.6 Å². The zero-order valence-electron chi connectivity index (χ0n) is 10.4. The van der Waals surface area contributed by atoms with E-state index in [9.17, 15) is 4.39 Å². The highest BCUT2D eigenvalue weighted by Crippen LogP contribution is 2.22. The van der Waals surface area contributed by atoms with Crippen molar-refractivity contribution < 1.29 is 13.9 Å². The molecule has 18 heavy (non-hydrogen) atoms. The van der Waals surface area contributed by atoms with Crippen LogP contribution in [-0.4, -0.2) is 43.7 Å². The number of hydrogen-bond donors (Lipinski definition) is 0. The minimum atomic E-state index is -0.292. The van der Waals surface area contributed by atoms with Crippen molar-refractivity contribution in [3.8, 4) is 5.75 Å². The fourth-order valence-electron chi connectivity index (χ4n) is 2.09. The second-order valence-corrected chi connectivity index (χ2v) is 4.60. The number of hydrogen-bond acceptors (Lipinski definition) is 3. The Kier molecular flexibility index (Phi) is 4.80. The van der Waals surface area contributed by atoms with Crippen LogP contribution >= 0.6 is 11.6 Å². The van der Waals surface area contributed by atoms with Crippen LogP contribution in [0.1, 0.15) is 5.56 Å². The number of morpholine rings is 1. The number of rotatable bonds is 4. The summed E-state index contributed by atoms with van der Waals surface area (Å²) >= 11 is 5.90. The van der Waals surface area contributed by atoms with E-state index in [-0.39, 0.29) is 17.6 Å². The van der Waals surface area contributed by atoms with Gasteiger partial charge in [-0.1, -0.05) is 12.1 Å². The largest absolute Gasteiger partial charge is 0.494 e. The predicted octanol–water partition coefficient (Wildman–Crippen LogP) is 2.27. The molecule has 0 N–H and O–H groups in total. The molecule has 0 amide bonds. The maximum Gasteiger partial charge on any atom is 0.169 e. The molecule has 0 spiro atoms. The van der Waals surface area contributed by atoms with E-state index in [1.165, 1.54) is 7.11 Å². The quantitative estimate of drug-likeness (QED) is 0.786. The first-order chi connectivity index (χ1) is 8.76. The van der Waals surface area contributed by atoms with Crippen molar-refractivity contribution >= 4 is 11.6 Å². The third kappa shape index (κ3) is 2.94. The van der Waals surface area contributed by atoms with Crippen LogP contribution < -0.4 is 4.74 Å². The number of nitrogens with zero attached hydrogens (tertiary/aromatic N) is 1. The molecule has 0 aromatic heterocycles. The van der Waals surface area contributed by atoms with Crippen LogP contribution in [0.3, 0.4) is 0 Å². The van der Waals surface area contributed by atoms with Gasteiger partial charge in [-0.15, -0.1) is 11.6 Å². The van der Waals surface area contributed by atoms with E-state index in [1.807, 2.05) is 0 Å². The van der Waals surface area contributed by atoms with E-state index in [2.05, 4.69) is 4.90 Å². The minimum Gasteiger partial charge on any atom is -0.494 e. The van der Waals surface area contributed by atoms with Crippen molar-refractivity contribution in [2.75, 3.05) is 32.7 Å². The first-order valence-electron chi connectivity index (χ1n) is 5.95. The van der Waals surface area contributed by atoms with Gasteiger partial charge in [0.25, 0.3) is 0 Å². The van der Waals surface area contributed by atoms with Gasteiger partial charge in [-0.05, 0) is 6.07 Å². The van der Waals surface area contributed by atoms with Gasteiger partial charge in [0.2, 0.25) is 0 Å². The average molecular weight is 274 g/mol. The Morgan fingerprint density at radius 2 is 2.39 bits per heavy atom. The highest BCUT2D eigenvalue weighted by atomic mass is 35.5. The molecule has 0 radical (unpaired) electrons. The van der Waals surface area contributed by atoms with E-state index >= 15 is 0 Å². The van der Waals surface area contributed by atoms with Crippen LogP contribution in [0.5, 0.6) is 5.75 Å². The van der Waals surface area contributed by atoms with Crippen molar-refractivity contribution in [1.29, 1.82) is 0 Å². The SMILES string of the molecule is COc1cccc(CN2CCOCC2CCl)c1F. The van der Waals surface area contributed by atoms with Crippen LogP contribution in [0.4, 0.5) is 4.39 Å². The summed E-state index contributed by atoms with van der Waals surface area (Å²) in [5, 5.41) is 0. The summed E-state index contributed by atoms with van der Waals surface area (Å²) in [5.41, 5.74) is 0.631. The fourth-order valence-corrected chi connectivity index (χ4v) is 2.38. The molecular weight excluding hydrogens is 257 g/mol. The molecule has 100 valence electrons. The monoisotopic (exact) mass is 273 g/mol. The Balaban J connectivity index is 2.12. The molecule has 1 fully saturated rings. The molecule has 1 unspecified atom stereocenters. The Morgan fingerprint density at radius 3 is 3.11 bits per heavy atom. The number of alkyl halides is 1. The van der Waals surface area contributed by atoms with Crippen LogP contribution in [0.25, 0.3) is 0 Å². The third-order valence-electron chi connectivity index (χ3n) is 3.16. The van der Waals surface area contributed by atoms with Gasteiger partial charge >= 0.3 is 0 Å². The molecule has 0 saturated carbocycles. The van der Waals surface area contributed by atoms with Gasteiger partial charge in [-0.2, -0.15) is 0 Å². The predicted molar refractivity (Wildman–Crippen MR) is 68.7 cm³/mol. The Hall–Kier alpha value is -0.840. The Labute approximate surface area is 111 Å². The van der Waals surface area contributed by atoms with Crippen molar-refractivity contribution in [3.63, 3.8) is 0 Å². The van der Waals surface area contributed by atoms with Crippen LogP contribution in [0.15, 0.2) is 18.2 Å². The van der Waals surface area contributed by atoms with Gasteiger partial charge < -0.3 is 9.47 Å². The number of ether oxygens (including phenoxy) is 2. The van der Waals surface area contributed by atoms with E-state index in [0.29, 0.717) is 31.2 Å². The molecule has 1 saturated heterocycles. The number of halogens is 2. The Morgan fingerprint density at radius 1 is 1.56 bits per heavy atom. The maximum absolute atomic E-state index is 14.0. The summed E-state index contributed by atoms with van der Waals surface area (Å²) in [4.78, 5) is 2.15. The van der Waals surface area contributed by atoms with Crippen molar-refractivity contribution in [2.24, 2.45) is 0 Å². The highest BCUT2D eigenvalue weighted by Gasteiger charge is 2.23. The lowest BCUT2D eigenvalue weighted by Crippen LogP contribution is -2.46. The van der Waals surface area contributed by atoms with E-state index < -0.39 is 0 Å². The van der Waals surface area contributed by atoms with E-state index in [1.54, 1.807) is 18.2 Å². The molecular formula is C13H17ClFNO2. The molecule has 1 aromatic carbocycles.